The molecule has 0 amide bonds. The third-order valence-corrected chi connectivity index (χ3v) is 10.3. The van der Waals surface area contributed by atoms with Crippen molar-refractivity contribution < 1.29 is 13.2 Å². The van der Waals surface area contributed by atoms with Crippen LogP contribution in [0.3, 0.4) is 0 Å². The topological polar surface area (TPSA) is 104 Å². The van der Waals surface area contributed by atoms with Crippen molar-refractivity contribution >= 4 is 26.7 Å². The van der Waals surface area contributed by atoms with Crippen LogP contribution in [0.2, 0.25) is 0 Å². The number of hydrogen-bond acceptors (Lipinski definition) is 8. The fourth-order valence-electron chi connectivity index (χ4n) is 5.61. The lowest BCUT2D eigenvalue weighted by atomic mass is 10.0. The zero-order valence-electron chi connectivity index (χ0n) is 22.6. The van der Waals surface area contributed by atoms with Crippen molar-refractivity contribution in [2.24, 2.45) is 0 Å². The molecular weight excluding hydrogens is 512 g/mol. The number of anilines is 1. The first kappa shape index (κ1) is 25.9. The van der Waals surface area contributed by atoms with Crippen LogP contribution >= 0.6 is 0 Å². The number of nitrogens with one attached hydrogen (secondary N) is 1. The Bertz CT molecular complexity index is 1610. The summed E-state index contributed by atoms with van der Waals surface area (Å²) in [6.07, 6.45) is 4.90. The van der Waals surface area contributed by atoms with Gasteiger partial charge in [-0.25, -0.2) is 23.4 Å². The van der Waals surface area contributed by atoms with Crippen molar-refractivity contribution in [3.05, 3.63) is 54.4 Å². The summed E-state index contributed by atoms with van der Waals surface area (Å²) in [5, 5.41) is 0.569. The van der Waals surface area contributed by atoms with Gasteiger partial charge in [0.2, 0.25) is 0 Å². The maximum Gasteiger partial charge on any atom is 0.181 e. The molecule has 5 heterocycles. The normalized spacial score (nSPS) is 19.6. The van der Waals surface area contributed by atoms with E-state index in [2.05, 4.69) is 26.7 Å². The van der Waals surface area contributed by atoms with Gasteiger partial charge >= 0.3 is 0 Å². The molecule has 0 bridgehead atoms. The Morgan fingerprint density at radius 3 is 2.64 bits per heavy atom. The lowest BCUT2D eigenvalue weighted by Gasteiger charge is -2.34. The molecule has 204 valence electrons. The summed E-state index contributed by atoms with van der Waals surface area (Å²) < 4.78 is 33.0. The Morgan fingerprint density at radius 2 is 1.85 bits per heavy atom. The fourth-order valence-corrected chi connectivity index (χ4v) is 7.36. The monoisotopic (exact) mass is 546 g/mol. The van der Waals surface area contributed by atoms with Gasteiger partial charge in [-0.05, 0) is 76.7 Å². The number of rotatable bonds is 5. The lowest BCUT2D eigenvalue weighted by Crippen LogP contribution is -2.44. The van der Waals surface area contributed by atoms with E-state index in [1.165, 1.54) is 0 Å². The Hall–Kier alpha value is -3.34. The zero-order valence-corrected chi connectivity index (χ0v) is 23.4. The molecule has 6 rings (SSSR count). The first-order chi connectivity index (χ1) is 18.8. The van der Waals surface area contributed by atoms with Gasteiger partial charge in [0.15, 0.2) is 15.7 Å². The van der Waals surface area contributed by atoms with E-state index in [4.69, 9.17) is 14.7 Å². The van der Waals surface area contributed by atoms with Crippen LogP contribution < -0.4 is 4.90 Å². The quantitative estimate of drug-likeness (QED) is 0.399. The maximum absolute atomic E-state index is 13.7. The Labute approximate surface area is 229 Å². The minimum Gasteiger partial charge on any atom is -0.377 e. The van der Waals surface area contributed by atoms with E-state index in [9.17, 15) is 8.42 Å². The summed E-state index contributed by atoms with van der Waals surface area (Å²) >= 11 is 0. The molecule has 0 unspecified atom stereocenters. The number of piperidine rings is 1. The molecule has 4 aromatic rings. The number of aromatic amines is 1. The standard InChI is InChI=1S/C29H34N6O3S/c1-19-4-5-22(39(36,37)21-8-12-34(3)13-9-21)16-25(19)26-17-27(35-14-15-38-18-20(35)2)33-29(32-26)24-7-11-31-28-23(24)6-10-30-28/h4-7,10-11,16-17,20-21H,8-9,12-15,18H2,1-3H3,(H,30,31)/t20-/m1/s1. The van der Waals surface area contributed by atoms with E-state index in [1.807, 2.05) is 44.4 Å². The molecule has 0 saturated carbocycles. The molecule has 10 heteroatoms. The molecule has 2 aliphatic heterocycles. The second-order valence-electron chi connectivity index (χ2n) is 10.7. The van der Waals surface area contributed by atoms with Gasteiger partial charge in [0, 0.05) is 41.5 Å². The second-order valence-corrected chi connectivity index (χ2v) is 12.9. The summed E-state index contributed by atoms with van der Waals surface area (Å²) in [4.78, 5) is 22.4. The summed E-state index contributed by atoms with van der Waals surface area (Å²) in [6.45, 7) is 7.66. The van der Waals surface area contributed by atoms with E-state index < -0.39 is 9.84 Å². The molecule has 0 spiro atoms. The van der Waals surface area contributed by atoms with Crippen LogP contribution in [-0.4, -0.2) is 84.4 Å². The number of H-pyrrole nitrogens is 1. The van der Waals surface area contributed by atoms with E-state index >= 15 is 0 Å². The fraction of sp³-hybridized carbons (Fsp3) is 0.414. The number of hydrogen-bond donors (Lipinski definition) is 1. The van der Waals surface area contributed by atoms with Crippen LogP contribution in [0.5, 0.6) is 0 Å². The van der Waals surface area contributed by atoms with E-state index in [0.29, 0.717) is 42.5 Å². The Balaban J connectivity index is 1.48. The first-order valence-electron chi connectivity index (χ1n) is 13.5. The number of nitrogens with zero attached hydrogens (tertiary/aromatic N) is 5. The Morgan fingerprint density at radius 1 is 1.03 bits per heavy atom. The summed E-state index contributed by atoms with van der Waals surface area (Å²) in [6, 6.07) is 11.5. The highest BCUT2D eigenvalue weighted by Gasteiger charge is 2.31. The lowest BCUT2D eigenvalue weighted by molar-refractivity contribution is 0.0985. The molecule has 2 fully saturated rings. The van der Waals surface area contributed by atoms with Gasteiger partial charge < -0.3 is 19.5 Å². The maximum atomic E-state index is 13.7. The van der Waals surface area contributed by atoms with Crippen LogP contribution in [0.15, 0.2) is 53.7 Å². The van der Waals surface area contributed by atoms with Crippen molar-refractivity contribution in [3.63, 3.8) is 0 Å². The van der Waals surface area contributed by atoms with Crippen molar-refractivity contribution in [1.82, 2.24) is 24.8 Å². The Kier molecular flexibility index (Phi) is 6.86. The third kappa shape index (κ3) is 4.92. The van der Waals surface area contributed by atoms with Gasteiger partial charge in [0.05, 0.1) is 35.1 Å². The second kappa shape index (κ2) is 10.3. The molecular formula is C29H34N6O3S. The van der Waals surface area contributed by atoms with Gasteiger partial charge in [-0.2, -0.15) is 0 Å². The van der Waals surface area contributed by atoms with Gasteiger partial charge in [-0.1, -0.05) is 6.07 Å². The number of pyridine rings is 1. The summed E-state index contributed by atoms with van der Waals surface area (Å²) in [7, 11) is -1.43. The molecule has 9 nitrogen and oxygen atoms in total. The summed E-state index contributed by atoms with van der Waals surface area (Å²) in [5.74, 6) is 1.38. The smallest absolute Gasteiger partial charge is 0.181 e. The van der Waals surface area contributed by atoms with Crippen molar-refractivity contribution in [2.75, 3.05) is 44.8 Å². The molecule has 2 aliphatic rings. The minimum absolute atomic E-state index is 0.149. The van der Waals surface area contributed by atoms with Crippen LogP contribution in [-0.2, 0) is 14.6 Å². The van der Waals surface area contributed by atoms with Crippen LogP contribution in [0.4, 0.5) is 5.82 Å². The van der Waals surface area contributed by atoms with Gasteiger partial charge in [0.25, 0.3) is 0 Å². The highest BCUT2D eigenvalue weighted by Crippen LogP contribution is 2.34. The molecule has 39 heavy (non-hydrogen) atoms. The third-order valence-electron chi connectivity index (χ3n) is 7.99. The highest BCUT2D eigenvalue weighted by molar-refractivity contribution is 7.92. The summed E-state index contributed by atoms with van der Waals surface area (Å²) in [5.41, 5.74) is 4.11. The van der Waals surface area contributed by atoms with Crippen molar-refractivity contribution in [1.29, 1.82) is 0 Å². The number of aryl methyl sites for hydroxylation is 1. The van der Waals surface area contributed by atoms with E-state index in [1.54, 1.807) is 18.3 Å². The number of fused-ring (bicyclic) bond motifs is 1. The van der Waals surface area contributed by atoms with Gasteiger partial charge in [-0.3, -0.25) is 0 Å². The molecule has 0 aliphatic carbocycles. The predicted molar refractivity (Wildman–Crippen MR) is 153 cm³/mol. The average Bonchev–Trinajstić information content (AvgIpc) is 3.43. The SMILES string of the molecule is Cc1ccc(S(=O)(=O)C2CCN(C)CC2)cc1-c1cc(N2CCOC[C@H]2C)nc(-c2ccnc3[nH]ccc23)n1. The zero-order chi connectivity index (χ0) is 27.1. The number of morpholine rings is 1. The van der Waals surface area contributed by atoms with E-state index in [-0.39, 0.29) is 11.3 Å². The highest BCUT2D eigenvalue weighted by atomic mass is 32.2. The van der Waals surface area contributed by atoms with Crippen molar-refractivity contribution in [2.45, 2.75) is 42.9 Å². The molecule has 0 radical (unpaired) electrons. The molecule has 1 atom stereocenters. The number of benzene rings is 1. The van der Waals surface area contributed by atoms with Crippen LogP contribution in [0, 0.1) is 6.92 Å². The average molecular weight is 547 g/mol. The van der Waals surface area contributed by atoms with Gasteiger partial charge in [0.1, 0.15) is 11.5 Å². The molecule has 1 aromatic carbocycles. The first-order valence-corrected chi connectivity index (χ1v) is 15.1. The molecule has 1 N–H and O–H groups in total. The van der Waals surface area contributed by atoms with E-state index in [0.717, 1.165) is 53.2 Å². The number of ether oxygens (including phenoxy) is 1. The molecule has 2 saturated heterocycles. The number of likely N-dealkylation sites (tertiary alicyclic amines) is 1. The predicted octanol–water partition coefficient (Wildman–Crippen LogP) is 4.09. The van der Waals surface area contributed by atoms with Crippen LogP contribution in [0.1, 0.15) is 25.3 Å². The van der Waals surface area contributed by atoms with Crippen molar-refractivity contribution in [3.8, 4) is 22.6 Å². The molecule has 3 aromatic heterocycles. The number of sulfone groups is 1. The largest absolute Gasteiger partial charge is 0.377 e. The minimum atomic E-state index is -3.47. The number of aromatic nitrogens is 4. The van der Waals surface area contributed by atoms with Gasteiger partial charge in [-0.15, -0.1) is 0 Å². The van der Waals surface area contributed by atoms with Crippen LogP contribution in [0.25, 0.3) is 33.7 Å².